The van der Waals surface area contributed by atoms with E-state index in [0.29, 0.717) is 18.2 Å². The molecule has 0 aromatic heterocycles. The van der Waals surface area contributed by atoms with Gasteiger partial charge in [0.1, 0.15) is 5.60 Å². The highest BCUT2D eigenvalue weighted by Crippen LogP contribution is 2.19. The first-order valence-electron chi connectivity index (χ1n) is 10.3. The van der Waals surface area contributed by atoms with Crippen molar-refractivity contribution < 1.29 is 9.53 Å². The second kappa shape index (κ2) is 10.7. The van der Waals surface area contributed by atoms with Crippen LogP contribution in [0.5, 0.6) is 0 Å². The number of hydrogen-bond donors (Lipinski definition) is 3. The summed E-state index contributed by atoms with van der Waals surface area (Å²) in [4.78, 5) is 16.6. The number of hydrogen-bond acceptors (Lipinski definition) is 4. The van der Waals surface area contributed by atoms with Gasteiger partial charge in [-0.05, 0) is 71.1 Å². The van der Waals surface area contributed by atoms with Gasteiger partial charge in [0.15, 0.2) is 5.96 Å². The molecule has 3 N–H and O–H groups in total. The third kappa shape index (κ3) is 8.43. The molecular weight excluding hydrogens is 366 g/mol. The van der Waals surface area contributed by atoms with Crippen molar-refractivity contribution in [3.05, 3.63) is 35.4 Å². The standard InChI is InChI=1S/C22H33N5O2/c1-5-24-20(25-15-17-8-6-16(14-23)7-9-17)26-18-10-12-19(13-11-18)27-21(28)29-22(2,3)4/h6-9,18-19H,5,10-13,15H2,1-4H3,(H,27,28)(H2,24,25,26). The molecule has 1 aromatic rings. The zero-order chi connectivity index (χ0) is 21.3. The zero-order valence-corrected chi connectivity index (χ0v) is 17.9. The van der Waals surface area contributed by atoms with Gasteiger partial charge >= 0.3 is 6.09 Å². The second-order valence-electron chi connectivity index (χ2n) is 8.34. The van der Waals surface area contributed by atoms with Gasteiger partial charge in [-0.1, -0.05) is 12.1 Å². The SMILES string of the molecule is CCNC(=NCc1ccc(C#N)cc1)NC1CCC(NC(=O)OC(C)(C)C)CC1. The van der Waals surface area contributed by atoms with Gasteiger partial charge in [-0.15, -0.1) is 0 Å². The maximum atomic E-state index is 11.9. The van der Waals surface area contributed by atoms with E-state index >= 15 is 0 Å². The molecule has 1 saturated carbocycles. The first-order chi connectivity index (χ1) is 13.8. The maximum absolute atomic E-state index is 11.9. The summed E-state index contributed by atoms with van der Waals surface area (Å²) >= 11 is 0. The molecule has 0 atom stereocenters. The van der Waals surface area contributed by atoms with Gasteiger partial charge in [-0.2, -0.15) is 5.26 Å². The summed E-state index contributed by atoms with van der Waals surface area (Å²) in [5.41, 5.74) is 1.24. The fourth-order valence-electron chi connectivity index (χ4n) is 3.22. The fourth-order valence-corrected chi connectivity index (χ4v) is 3.22. The van der Waals surface area contributed by atoms with Crippen molar-refractivity contribution in [3.8, 4) is 6.07 Å². The minimum Gasteiger partial charge on any atom is -0.444 e. The number of nitrogens with zero attached hydrogens (tertiary/aromatic N) is 2. The van der Waals surface area contributed by atoms with Gasteiger partial charge < -0.3 is 20.7 Å². The molecule has 2 rings (SSSR count). The summed E-state index contributed by atoms with van der Waals surface area (Å²) in [5.74, 6) is 0.792. The van der Waals surface area contributed by atoms with Gasteiger partial charge in [-0.3, -0.25) is 0 Å². The highest BCUT2D eigenvalue weighted by molar-refractivity contribution is 5.80. The number of aliphatic imine (C=N–C) groups is 1. The van der Waals surface area contributed by atoms with Crippen molar-refractivity contribution in [3.63, 3.8) is 0 Å². The van der Waals surface area contributed by atoms with E-state index in [1.807, 2.05) is 52.0 Å². The monoisotopic (exact) mass is 399 g/mol. The van der Waals surface area contributed by atoms with Crippen LogP contribution < -0.4 is 16.0 Å². The number of nitriles is 1. The summed E-state index contributed by atoms with van der Waals surface area (Å²) in [6.07, 6.45) is 3.40. The van der Waals surface area contributed by atoms with Gasteiger partial charge in [0.2, 0.25) is 0 Å². The third-order valence-electron chi connectivity index (χ3n) is 4.64. The van der Waals surface area contributed by atoms with Crippen LogP contribution >= 0.6 is 0 Å². The van der Waals surface area contributed by atoms with Crippen LogP contribution in [0.4, 0.5) is 4.79 Å². The Bertz CT molecular complexity index is 723. The molecule has 0 spiro atoms. The van der Waals surface area contributed by atoms with E-state index in [1.54, 1.807) is 0 Å². The Morgan fingerprint density at radius 2 is 1.72 bits per heavy atom. The normalized spacial score (nSPS) is 19.8. The van der Waals surface area contributed by atoms with Crippen LogP contribution in [0.25, 0.3) is 0 Å². The van der Waals surface area contributed by atoms with E-state index in [2.05, 4.69) is 27.0 Å². The maximum Gasteiger partial charge on any atom is 0.407 e. The topological polar surface area (TPSA) is 98.5 Å². The molecule has 0 bridgehead atoms. The Balaban J connectivity index is 1.82. The van der Waals surface area contributed by atoms with Crippen LogP contribution in [0.1, 0.15) is 64.5 Å². The fraction of sp³-hybridized carbons (Fsp3) is 0.591. The Kier molecular flexibility index (Phi) is 8.32. The average molecular weight is 400 g/mol. The highest BCUT2D eigenvalue weighted by Gasteiger charge is 2.25. The Morgan fingerprint density at radius 3 is 2.24 bits per heavy atom. The molecule has 158 valence electrons. The molecule has 7 heteroatoms. The molecule has 7 nitrogen and oxygen atoms in total. The van der Waals surface area contributed by atoms with E-state index in [9.17, 15) is 4.79 Å². The van der Waals surface area contributed by atoms with E-state index in [1.165, 1.54) is 0 Å². The Morgan fingerprint density at radius 1 is 1.14 bits per heavy atom. The first kappa shape index (κ1) is 22.5. The quantitative estimate of drug-likeness (QED) is 0.520. The number of ether oxygens (including phenoxy) is 1. The van der Waals surface area contributed by atoms with Crippen molar-refractivity contribution >= 4 is 12.1 Å². The molecule has 1 fully saturated rings. The minimum absolute atomic E-state index is 0.154. The molecule has 0 radical (unpaired) electrons. The van der Waals surface area contributed by atoms with Crippen LogP contribution in [-0.2, 0) is 11.3 Å². The molecule has 0 unspecified atom stereocenters. The molecular formula is C22H33N5O2. The van der Waals surface area contributed by atoms with Crippen molar-refractivity contribution in [1.82, 2.24) is 16.0 Å². The first-order valence-corrected chi connectivity index (χ1v) is 10.3. The van der Waals surface area contributed by atoms with Crippen LogP contribution in [0.3, 0.4) is 0 Å². The zero-order valence-electron chi connectivity index (χ0n) is 17.9. The number of alkyl carbamates (subject to hydrolysis) is 1. The van der Waals surface area contributed by atoms with Gasteiger partial charge in [0.05, 0.1) is 18.2 Å². The van der Waals surface area contributed by atoms with Crippen LogP contribution in [0.15, 0.2) is 29.3 Å². The molecule has 1 aliphatic carbocycles. The predicted molar refractivity (Wildman–Crippen MR) is 115 cm³/mol. The largest absolute Gasteiger partial charge is 0.444 e. The van der Waals surface area contributed by atoms with Crippen LogP contribution in [0, 0.1) is 11.3 Å². The lowest BCUT2D eigenvalue weighted by molar-refractivity contribution is 0.0490. The Hall–Kier alpha value is -2.75. The number of carbonyl (C=O) groups excluding carboxylic acids is 1. The lowest BCUT2D eigenvalue weighted by atomic mass is 9.91. The molecule has 1 aromatic carbocycles. The summed E-state index contributed by atoms with van der Waals surface area (Å²) in [5, 5.41) is 18.7. The summed E-state index contributed by atoms with van der Waals surface area (Å²) in [6, 6.07) is 10.1. The van der Waals surface area contributed by atoms with Gasteiger partial charge in [0.25, 0.3) is 0 Å². The number of rotatable bonds is 5. The molecule has 0 heterocycles. The predicted octanol–water partition coefficient (Wildman–Crippen LogP) is 3.45. The smallest absolute Gasteiger partial charge is 0.407 e. The van der Waals surface area contributed by atoms with Gasteiger partial charge in [-0.25, -0.2) is 9.79 Å². The average Bonchev–Trinajstić information content (AvgIpc) is 2.66. The molecule has 1 amide bonds. The van der Waals surface area contributed by atoms with Crippen LogP contribution in [-0.4, -0.2) is 36.3 Å². The molecule has 0 saturated heterocycles. The van der Waals surface area contributed by atoms with Crippen LogP contribution in [0.2, 0.25) is 0 Å². The summed E-state index contributed by atoms with van der Waals surface area (Å²) in [7, 11) is 0. The number of amides is 1. The number of nitrogens with one attached hydrogen (secondary N) is 3. The molecule has 29 heavy (non-hydrogen) atoms. The lowest BCUT2D eigenvalue weighted by Gasteiger charge is -2.31. The van der Waals surface area contributed by atoms with Crippen molar-refractivity contribution in [2.45, 2.75) is 77.6 Å². The van der Waals surface area contributed by atoms with E-state index in [4.69, 9.17) is 10.00 Å². The molecule has 1 aliphatic rings. The highest BCUT2D eigenvalue weighted by atomic mass is 16.6. The van der Waals surface area contributed by atoms with Gasteiger partial charge in [0, 0.05) is 18.6 Å². The number of guanidine groups is 1. The van der Waals surface area contributed by atoms with Crippen molar-refractivity contribution in [1.29, 1.82) is 5.26 Å². The second-order valence-corrected chi connectivity index (χ2v) is 8.34. The summed E-state index contributed by atoms with van der Waals surface area (Å²) in [6.45, 7) is 8.98. The summed E-state index contributed by atoms with van der Waals surface area (Å²) < 4.78 is 5.34. The minimum atomic E-state index is -0.477. The number of benzene rings is 1. The van der Waals surface area contributed by atoms with Crippen molar-refractivity contribution in [2.24, 2.45) is 4.99 Å². The lowest BCUT2D eigenvalue weighted by Crippen LogP contribution is -2.48. The Labute approximate surface area is 173 Å². The third-order valence-corrected chi connectivity index (χ3v) is 4.64. The number of carbonyl (C=O) groups is 1. The van der Waals surface area contributed by atoms with E-state index < -0.39 is 5.60 Å². The molecule has 0 aliphatic heterocycles. The van der Waals surface area contributed by atoms with Crippen molar-refractivity contribution in [2.75, 3.05) is 6.54 Å². The van der Waals surface area contributed by atoms with E-state index in [0.717, 1.165) is 43.8 Å². The van der Waals surface area contributed by atoms with E-state index in [-0.39, 0.29) is 12.1 Å².